The molecule has 168 valence electrons. The van der Waals surface area contributed by atoms with Gasteiger partial charge in [-0.15, -0.1) is 0 Å². The molecule has 0 atom stereocenters. The summed E-state index contributed by atoms with van der Waals surface area (Å²) in [4.78, 5) is 0. The highest BCUT2D eigenvalue weighted by atomic mass is 15.0. The lowest BCUT2D eigenvalue weighted by molar-refractivity contribution is 1.19. The van der Waals surface area contributed by atoms with Crippen LogP contribution < -0.4 is 5.73 Å². The van der Waals surface area contributed by atoms with E-state index >= 15 is 0 Å². The normalized spacial score (nSPS) is 12.0. The van der Waals surface area contributed by atoms with Crippen LogP contribution in [-0.2, 0) is 0 Å². The Morgan fingerprint density at radius 1 is 0.743 bits per heavy atom. The largest absolute Gasteiger partial charge is 0.404 e. The quantitative estimate of drug-likeness (QED) is 0.268. The van der Waals surface area contributed by atoms with Crippen molar-refractivity contribution in [3.63, 3.8) is 0 Å². The number of nitrogens with two attached hydrogens (primary N) is 1. The van der Waals surface area contributed by atoms with Gasteiger partial charge in [0.05, 0.1) is 11.0 Å². The zero-order valence-electron chi connectivity index (χ0n) is 19.7. The predicted octanol–water partition coefficient (Wildman–Crippen LogP) is 8.48. The van der Waals surface area contributed by atoms with Gasteiger partial charge in [-0.25, -0.2) is 0 Å². The summed E-state index contributed by atoms with van der Waals surface area (Å²) in [5.74, 6) is 0. The van der Waals surface area contributed by atoms with Crippen molar-refractivity contribution in [3.05, 3.63) is 133 Å². The van der Waals surface area contributed by atoms with Gasteiger partial charge >= 0.3 is 0 Å². The van der Waals surface area contributed by atoms with Crippen molar-refractivity contribution in [1.29, 1.82) is 0 Å². The van der Waals surface area contributed by atoms with Gasteiger partial charge in [0.1, 0.15) is 0 Å². The van der Waals surface area contributed by atoms with E-state index in [-0.39, 0.29) is 0 Å². The van der Waals surface area contributed by atoms with Crippen LogP contribution >= 0.6 is 0 Å². The number of rotatable bonds is 4. The molecule has 2 heteroatoms. The van der Waals surface area contributed by atoms with Gasteiger partial charge < -0.3 is 10.3 Å². The van der Waals surface area contributed by atoms with Crippen LogP contribution in [0.4, 0.5) is 0 Å². The van der Waals surface area contributed by atoms with E-state index in [0.29, 0.717) is 0 Å². The SMILES string of the molecule is C=C(/C(C)=C\N)c1ccccc1-c1ccc2c(ccc3c4ccccc4n(-c4ccccc4)c23)c1. The highest BCUT2D eigenvalue weighted by Gasteiger charge is 2.16. The maximum absolute atomic E-state index is 5.80. The Balaban J connectivity index is 1.63. The van der Waals surface area contributed by atoms with E-state index in [1.807, 2.05) is 6.92 Å². The molecule has 5 aromatic carbocycles. The third-order valence-electron chi connectivity index (χ3n) is 6.95. The van der Waals surface area contributed by atoms with Crippen LogP contribution in [0, 0.1) is 0 Å². The predicted molar refractivity (Wildman–Crippen MR) is 151 cm³/mol. The lowest BCUT2D eigenvalue weighted by Gasteiger charge is -2.14. The Hall–Kier alpha value is -4.56. The molecule has 0 bridgehead atoms. The van der Waals surface area contributed by atoms with E-state index in [9.17, 15) is 0 Å². The first-order chi connectivity index (χ1) is 17.2. The molecule has 0 spiro atoms. The Bertz CT molecular complexity index is 1770. The molecule has 0 aliphatic rings. The van der Waals surface area contributed by atoms with Gasteiger partial charge in [-0.1, -0.05) is 91.5 Å². The van der Waals surface area contributed by atoms with Gasteiger partial charge in [-0.05, 0) is 70.6 Å². The third kappa shape index (κ3) is 3.34. The molecule has 6 aromatic rings. The van der Waals surface area contributed by atoms with E-state index in [4.69, 9.17) is 5.73 Å². The Labute approximate surface area is 205 Å². The van der Waals surface area contributed by atoms with Crippen LogP contribution in [0.5, 0.6) is 0 Å². The minimum atomic E-state index is 0.947. The number of fused-ring (bicyclic) bond motifs is 5. The minimum absolute atomic E-state index is 0.947. The molecule has 35 heavy (non-hydrogen) atoms. The maximum atomic E-state index is 5.80. The van der Waals surface area contributed by atoms with Gasteiger partial charge in [-0.3, -0.25) is 0 Å². The lowest BCUT2D eigenvalue weighted by Crippen LogP contribution is -1.94. The molecule has 0 amide bonds. The number of benzene rings is 5. The summed E-state index contributed by atoms with van der Waals surface area (Å²) in [6.45, 7) is 6.30. The topological polar surface area (TPSA) is 30.9 Å². The molecule has 0 saturated heterocycles. The molecule has 0 radical (unpaired) electrons. The second kappa shape index (κ2) is 8.34. The highest BCUT2D eigenvalue weighted by molar-refractivity contribution is 6.19. The molecule has 0 aliphatic carbocycles. The van der Waals surface area contributed by atoms with Crippen LogP contribution in [0.15, 0.2) is 128 Å². The number of hydrogen-bond acceptors (Lipinski definition) is 1. The molecule has 6 rings (SSSR count). The molecule has 0 unspecified atom stereocenters. The van der Waals surface area contributed by atoms with Crippen LogP contribution in [0.3, 0.4) is 0 Å². The Kier molecular flexibility index (Phi) is 5.00. The summed E-state index contributed by atoms with van der Waals surface area (Å²) >= 11 is 0. The highest BCUT2D eigenvalue weighted by Crippen LogP contribution is 2.39. The molecule has 1 aromatic heterocycles. The molecule has 0 saturated carbocycles. The summed E-state index contributed by atoms with van der Waals surface area (Å²) in [5.41, 5.74) is 14.8. The zero-order chi connectivity index (χ0) is 23.9. The fourth-order valence-electron chi connectivity index (χ4n) is 5.11. The smallest absolute Gasteiger partial charge is 0.0619 e. The van der Waals surface area contributed by atoms with Crippen molar-refractivity contribution < 1.29 is 0 Å². The molecule has 2 nitrogen and oxygen atoms in total. The second-order valence-electron chi connectivity index (χ2n) is 8.96. The Morgan fingerprint density at radius 3 is 2.29 bits per heavy atom. The van der Waals surface area contributed by atoms with E-state index in [0.717, 1.165) is 22.3 Å². The molecular weight excluding hydrogens is 424 g/mol. The van der Waals surface area contributed by atoms with Crippen molar-refractivity contribution in [2.45, 2.75) is 6.92 Å². The number of aromatic nitrogens is 1. The summed E-state index contributed by atoms with van der Waals surface area (Å²) in [6.07, 6.45) is 1.62. The van der Waals surface area contributed by atoms with Gasteiger partial charge in [0, 0.05) is 21.8 Å². The van der Waals surface area contributed by atoms with Gasteiger partial charge in [0.25, 0.3) is 0 Å². The van der Waals surface area contributed by atoms with Gasteiger partial charge in [0.2, 0.25) is 0 Å². The Morgan fingerprint density at radius 2 is 1.46 bits per heavy atom. The van der Waals surface area contributed by atoms with Crippen LogP contribution in [0.25, 0.3) is 55.0 Å². The summed E-state index contributed by atoms with van der Waals surface area (Å²) in [6, 6.07) is 38.9. The van der Waals surface area contributed by atoms with Crippen LogP contribution in [-0.4, -0.2) is 4.57 Å². The number of hydrogen-bond donors (Lipinski definition) is 1. The number of nitrogens with zero attached hydrogens (tertiary/aromatic N) is 1. The van der Waals surface area contributed by atoms with Crippen LogP contribution in [0.1, 0.15) is 12.5 Å². The minimum Gasteiger partial charge on any atom is -0.404 e. The first-order valence-corrected chi connectivity index (χ1v) is 11.9. The summed E-state index contributed by atoms with van der Waals surface area (Å²) < 4.78 is 2.39. The molecule has 0 aliphatic heterocycles. The van der Waals surface area contributed by atoms with Crippen molar-refractivity contribution >= 4 is 38.2 Å². The van der Waals surface area contributed by atoms with Crippen molar-refractivity contribution in [1.82, 2.24) is 4.57 Å². The van der Waals surface area contributed by atoms with Crippen LogP contribution in [0.2, 0.25) is 0 Å². The number of para-hydroxylation sites is 2. The van der Waals surface area contributed by atoms with Gasteiger partial charge in [-0.2, -0.15) is 0 Å². The maximum Gasteiger partial charge on any atom is 0.0619 e. The first-order valence-electron chi connectivity index (χ1n) is 11.9. The van der Waals surface area contributed by atoms with E-state index in [1.165, 1.54) is 43.8 Å². The molecule has 2 N–H and O–H groups in total. The molecular formula is C33H26N2. The second-order valence-corrected chi connectivity index (χ2v) is 8.96. The van der Waals surface area contributed by atoms with Crippen molar-refractivity contribution in [2.24, 2.45) is 5.73 Å². The fraction of sp³-hybridized carbons (Fsp3) is 0.0303. The summed E-state index contributed by atoms with van der Waals surface area (Å²) in [7, 11) is 0. The number of allylic oxidation sites excluding steroid dienone is 2. The van der Waals surface area contributed by atoms with E-state index in [1.54, 1.807) is 6.20 Å². The first kappa shape index (κ1) is 21.0. The summed E-state index contributed by atoms with van der Waals surface area (Å²) in [5, 5.41) is 4.98. The van der Waals surface area contributed by atoms with Crippen molar-refractivity contribution in [3.8, 4) is 16.8 Å². The lowest BCUT2D eigenvalue weighted by atomic mass is 9.91. The monoisotopic (exact) mass is 450 g/mol. The zero-order valence-corrected chi connectivity index (χ0v) is 19.7. The standard InChI is InChI=1S/C33H26N2/c1-22(21-34)23(2)27-12-6-7-13-28(27)24-16-18-29-25(20-24)17-19-31-30-14-8-9-15-32(30)35(33(29)31)26-10-4-3-5-11-26/h3-21H,2,34H2,1H3/b22-21-. The van der Waals surface area contributed by atoms with Gasteiger partial charge in [0.15, 0.2) is 0 Å². The average Bonchev–Trinajstić information content (AvgIpc) is 3.27. The molecule has 0 fully saturated rings. The van der Waals surface area contributed by atoms with Crippen molar-refractivity contribution in [2.75, 3.05) is 0 Å². The fourth-order valence-corrected chi connectivity index (χ4v) is 5.11. The third-order valence-corrected chi connectivity index (χ3v) is 6.95. The van der Waals surface area contributed by atoms with E-state index in [2.05, 4.69) is 120 Å². The average molecular weight is 451 g/mol. The molecule has 1 heterocycles. The van der Waals surface area contributed by atoms with E-state index < -0.39 is 0 Å².